The van der Waals surface area contributed by atoms with Gasteiger partial charge < -0.3 is 9.47 Å². The van der Waals surface area contributed by atoms with Crippen LogP contribution in [-0.4, -0.2) is 9.55 Å². The first-order valence-electron chi connectivity index (χ1n) is 19.8. The highest BCUT2D eigenvalue weighted by atomic mass is 15.1. The number of aromatic nitrogens is 2. The first kappa shape index (κ1) is 33.6. The molecule has 0 saturated heterocycles. The molecule has 272 valence electrons. The molecule has 0 fully saturated rings. The van der Waals surface area contributed by atoms with Crippen LogP contribution in [-0.2, 0) is 0 Å². The van der Waals surface area contributed by atoms with Gasteiger partial charge in [-0.3, -0.25) is 0 Å². The minimum atomic E-state index is 0.968. The number of hydrogen-bond donors (Lipinski definition) is 0. The van der Waals surface area contributed by atoms with E-state index in [0.29, 0.717) is 0 Å². The fourth-order valence-corrected chi connectivity index (χ4v) is 8.68. The van der Waals surface area contributed by atoms with E-state index in [-0.39, 0.29) is 0 Å². The Bertz CT molecular complexity index is 3160. The van der Waals surface area contributed by atoms with Crippen LogP contribution in [0.3, 0.4) is 0 Å². The van der Waals surface area contributed by atoms with Gasteiger partial charge in [0.15, 0.2) is 0 Å². The highest BCUT2D eigenvalue weighted by molar-refractivity contribution is 6.28. The van der Waals surface area contributed by atoms with Gasteiger partial charge in [0.1, 0.15) is 0 Å². The quantitative estimate of drug-likeness (QED) is 0.152. The summed E-state index contributed by atoms with van der Waals surface area (Å²) in [6.07, 6.45) is 0. The lowest BCUT2D eigenvalue weighted by Crippen LogP contribution is -2.10. The Hall–Kier alpha value is -7.75. The van der Waals surface area contributed by atoms with Crippen LogP contribution in [0.4, 0.5) is 17.1 Å². The first-order chi connectivity index (χ1) is 28.8. The Morgan fingerprint density at radius 2 is 0.862 bits per heavy atom. The number of fused-ring (bicyclic) bond motifs is 7. The second kappa shape index (κ2) is 14.1. The fraction of sp³-hybridized carbons (Fsp3) is 0. The number of para-hydroxylation sites is 3. The molecule has 0 aliphatic rings. The molecule has 2 heterocycles. The molecular formula is C55H37N3. The molecule has 11 rings (SSSR count). The van der Waals surface area contributed by atoms with Gasteiger partial charge >= 0.3 is 0 Å². The van der Waals surface area contributed by atoms with E-state index in [2.05, 4.69) is 234 Å². The fourth-order valence-electron chi connectivity index (χ4n) is 8.68. The molecule has 0 bridgehead atoms. The summed E-state index contributed by atoms with van der Waals surface area (Å²) < 4.78 is 2.39. The van der Waals surface area contributed by atoms with Gasteiger partial charge in [-0.2, -0.15) is 0 Å². The summed E-state index contributed by atoms with van der Waals surface area (Å²) in [6, 6.07) is 80.4. The normalized spacial score (nSPS) is 11.4. The zero-order valence-corrected chi connectivity index (χ0v) is 31.7. The van der Waals surface area contributed by atoms with Crippen molar-refractivity contribution in [2.75, 3.05) is 4.90 Å². The molecule has 0 aliphatic heterocycles. The van der Waals surface area contributed by atoms with E-state index in [4.69, 9.17) is 4.98 Å². The van der Waals surface area contributed by atoms with Gasteiger partial charge in [0.2, 0.25) is 0 Å². The number of rotatable bonds is 7. The van der Waals surface area contributed by atoms with Gasteiger partial charge in [-0.05, 0) is 94.4 Å². The van der Waals surface area contributed by atoms with Crippen molar-refractivity contribution in [1.29, 1.82) is 0 Å². The largest absolute Gasteiger partial charge is 0.310 e. The molecule has 58 heavy (non-hydrogen) atoms. The van der Waals surface area contributed by atoms with E-state index in [0.717, 1.165) is 55.8 Å². The van der Waals surface area contributed by atoms with Crippen molar-refractivity contribution in [2.45, 2.75) is 0 Å². The van der Waals surface area contributed by atoms with Gasteiger partial charge in [0.25, 0.3) is 0 Å². The lowest BCUT2D eigenvalue weighted by Gasteiger charge is -2.26. The molecule has 3 heteroatoms. The van der Waals surface area contributed by atoms with Crippen molar-refractivity contribution in [3.05, 3.63) is 224 Å². The Labute approximate surface area is 337 Å². The molecule has 0 atom stereocenters. The van der Waals surface area contributed by atoms with Crippen LogP contribution in [0.2, 0.25) is 0 Å². The number of benzene rings is 9. The van der Waals surface area contributed by atoms with Crippen molar-refractivity contribution in [3.8, 4) is 39.2 Å². The van der Waals surface area contributed by atoms with Gasteiger partial charge in [0.05, 0.1) is 22.2 Å². The Balaban J connectivity index is 1.14. The molecule has 0 amide bonds. The zero-order valence-electron chi connectivity index (χ0n) is 31.7. The molecule has 0 aliphatic carbocycles. The molecule has 11 aromatic rings. The highest BCUT2D eigenvalue weighted by Gasteiger charge is 2.21. The van der Waals surface area contributed by atoms with Crippen LogP contribution < -0.4 is 4.90 Å². The highest BCUT2D eigenvalue weighted by Crippen LogP contribution is 2.44. The number of pyridine rings is 1. The minimum Gasteiger partial charge on any atom is -0.310 e. The molecule has 9 aromatic carbocycles. The van der Waals surface area contributed by atoms with Gasteiger partial charge in [0, 0.05) is 49.9 Å². The molecular weight excluding hydrogens is 703 g/mol. The molecule has 0 spiro atoms. The predicted molar refractivity (Wildman–Crippen MR) is 245 cm³/mol. The summed E-state index contributed by atoms with van der Waals surface area (Å²) in [7, 11) is 0. The lowest BCUT2D eigenvalue weighted by molar-refractivity contribution is 1.18. The maximum absolute atomic E-state index is 5.52. The maximum atomic E-state index is 5.52. The molecule has 3 nitrogen and oxygen atoms in total. The van der Waals surface area contributed by atoms with Crippen LogP contribution in [0.1, 0.15) is 0 Å². The van der Waals surface area contributed by atoms with Gasteiger partial charge in [-0.25, -0.2) is 4.98 Å². The Morgan fingerprint density at radius 1 is 0.328 bits per heavy atom. The predicted octanol–water partition coefficient (Wildman–Crippen LogP) is 15.0. The third-order valence-electron chi connectivity index (χ3n) is 11.4. The summed E-state index contributed by atoms with van der Waals surface area (Å²) in [5.41, 5.74) is 14.5. The third-order valence-corrected chi connectivity index (χ3v) is 11.4. The van der Waals surface area contributed by atoms with Crippen molar-refractivity contribution in [3.63, 3.8) is 0 Å². The maximum Gasteiger partial charge on any atom is 0.0795 e. The monoisotopic (exact) mass is 739 g/mol. The van der Waals surface area contributed by atoms with E-state index < -0.39 is 0 Å². The SMILES string of the molecule is c1ccc(-c2ccc(N(c3ccc(-c4ccccc4)cc3)c3cccc(-c4nc5ccccc5c5ccc6c(c7ccccc7n6-c6ccccc6)c45)c3)cc2)cc1. The number of anilines is 3. The molecule has 0 unspecified atom stereocenters. The van der Waals surface area contributed by atoms with E-state index in [1.807, 2.05) is 0 Å². The van der Waals surface area contributed by atoms with Crippen LogP contribution in [0.25, 0.3) is 82.7 Å². The molecule has 0 N–H and O–H groups in total. The van der Waals surface area contributed by atoms with E-state index in [1.54, 1.807) is 0 Å². The third kappa shape index (κ3) is 5.72. The van der Waals surface area contributed by atoms with E-state index in [9.17, 15) is 0 Å². The smallest absolute Gasteiger partial charge is 0.0795 e. The van der Waals surface area contributed by atoms with Gasteiger partial charge in [-0.1, -0.05) is 158 Å². The Morgan fingerprint density at radius 3 is 1.52 bits per heavy atom. The lowest BCUT2D eigenvalue weighted by atomic mass is 9.95. The van der Waals surface area contributed by atoms with Crippen molar-refractivity contribution < 1.29 is 0 Å². The van der Waals surface area contributed by atoms with Crippen molar-refractivity contribution in [1.82, 2.24) is 9.55 Å². The van der Waals surface area contributed by atoms with Crippen molar-refractivity contribution >= 4 is 60.5 Å². The summed E-state index contributed by atoms with van der Waals surface area (Å²) in [5.74, 6) is 0. The van der Waals surface area contributed by atoms with E-state index in [1.165, 1.54) is 43.9 Å². The molecule has 0 saturated carbocycles. The molecule has 0 radical (unpaired) electrons. The zero-order chi connectivity index (χ0) is 38.4. The summed E-state index contributed by atoms with van der Waals surface area (Å²) in [5, 5.41) is 5.92. The van der Waals surface area contributed by atoms with Crippen LogP contribution in [0, 0.1) is 0 Å². The van der Waals surface area contributed by atoms with E-state index >= 15 is 0 Å². The average Bonchev–Trinajstić information content (AvgIpc) is 3.65. The first-order valence-corrected chi connectivity index (χ1v) is 19.8. The summed E-state index contributed by atoms with van der Waals surface area (Å²) in [6.45, 7) is 0. The minimum absolute atomic E-state index is 0.968. The summed E-state index contributed by atoms with van der Waals surface area (Å²) >= 11 is 0. The number of nitrogens with zero attached hydrogens (tertiary/aromatic N) is 3. The Kier molecular flexibility index (Phi) is 8.15. The van der Waals surface area contributed by atoms with Gasteiger partial charge in [-0.15, -0.1) is 0 Å². The average molecular weight is 740 g/mol. The second-order valence-corrected chi connectivity index (χ2v) is 14.8. The number of hydrogen-bond acceptors (Lipinski definition) is 2. The van der Waals surface area contributed by atoms with Crippen molar-refractivity contribution in [2.24, 2.45) is 0 Å². The second-order valence-electron chi connectivity index (χ2n) is 14.8. The molecule has 2 aromatic heterocycles. The topological polar surface area (TPSA) is 21.1 Å². The standard InChI is InChI=1S/C55H37N3/c1-4-15-38(16-5-1)40-27-31-44(32-28-40)57(45-33-29-41(30-34-45)39-17-6-2-7-18-39)46-22-14-19-42(37-46)55-54-48(47-23-10-12-25-50(47)56-55)35-36-52-53(54)49-24-11-13-26-51(49)58(52)43-20-8-3-9-21-43/h1-37H. The van der Waals surface area contributed by atoms with Crippen LogP contribution in [0.5, 0.6) is 0 Å². The van der Waals surface area contributed by atoms with Crippen LogP contribution >= 0.6 is 0 Å². The summed E-state index contributed by atoms with van der Waals surface area (Å²) in [4.78, 5) is 7.88. The van der Waals surface area contributed by atoms with Crippen LogP contribution in [0.15, 0.2) is 224 Å².